The highest BCUT2D eigenvalue weighted by Gasteiger charge is 2.09. The van der Waals surface area contributed by atoms with Gasteiger partial charge in [0.1, 0.15) is 11.4 Å². The van der Waals surface area contributed by atoms with Crippen molar-refractivity contribution in [2.24, 2.45) is 0 Å². The van der Waals surface area contributed by atoms with Crippen molar-refractivity contribution >= 4 is 22.9 Å². The summed E-state index contributed by atoms with van der Waals surface area (Å²) in [6.45, 7) is 0.352. The van der Waals surface area contributed by atoms with Crippen LogP contribution in [0.5, 0.6) is 5.75 Å². The Balaban J connectivity index is 2.06. The molecule has 3 N–H and O–H groups in total. The van der Waals surface area contributed by atoms with Crippen LogP contribution in [0.25, 0.3) is 0 Å². The van der Waals surface area contributed by atoms with Crippen molar-refractivity contribution in [3.05, 3.63) is 40.3 Å². The lowest BCUT2D eigenvalue weighted by Crippen LogP contribution is -2.23. The monoisotopic (exact) mass is 263 g/mol. The number of carbonyl (C=O) groups excluding carboxylic acids is 1. The maximum absolute atomic E-state index is 11.7. The van der Waals surface area contributed by atoms with Gasteiger partial charge in [0.15, 0.2) is 0 Å². The zero-order chi connectivity index (χ0) is 13.0. The molecule has 0 fully saturated rings. The summed E-state index contributed by atoms with van der Waals surface area (Å²) in [6, 6.07) is 5.31. The highest BCUT2D eigenvalue weighted by atomic mass is 32.1. The van der Waals surface area contributed by atoms with Crippen LogP contribution in [0.15, 0.2) is 29.1 Å². The van der Waals surface area contributed by atoms with E-state index in [0.717, 1.165) is 5.56 Å². The lowest BCUT2D eigenvalue weighted by Gasteiger charge is -2.09. The number of aromatic nitrogens is 1. The summed E-state index contributed by atoms with van der Waals surface area (Å²) in [4.78, 5) is 15.7. The van der Waals surface area contributed by atoms with E-state index in [9.17, 15) is 4.79 Å². The molecule has 2 rings (SSSR count). The maximum atomic E-state index is 11.7. The number of benzene rings is 1. The molecule has 18 heavy (non-hydrogen) atoms. The second-order valence-electron chi connectivity index (χ2n) is 3.63. The second-order valence-corrected chi connectivity index (χ2v) is 4.35. The fourth-order valence-corrected chi connectivity index (χ4v) is 2.06. The zero-order valence-electron chi connectivity index (χ0n) is 9.84. The molecule has 2 aromatic rings. The number of nitrogens with two attached hydrogens (primary N) is 1. The summed E-state index contributed by atoms with van der Waals surface area (Å²) in [6.07, 6.45) is 0. The molecule has 0 saturated carbocycles. The molecule has 0 atom stereocenters. The summed E-state index contributed by atoms with van der Waals surface area (Å²) in [5.41, 5.74) is 9.21. The number of amides is 1. The van der Waals surface area contributed by atoms with Gasteiger partial charge in [-0.05, 0) is 18.2 Å². The van der Waals surface area contributed by atoms with E-state index < -0.39 is 0 Å². The number of nitrogens with zero attached hydrogens (tertiary/aromatic N) is 1. The lowest BCUT2D eigenvalue weighted by molar-refractivity contribution is 0.0946. The van der Waals surface area contributed by atoms with E-state index in [2.05, 4.69) is 10.3 Å². The van der Waals surface area contributed by atoms with E-state index in [1.165, 1.54) is 11.3 Å². The Morgan fingerprint density at radius 1 is 1.56 bits per heavy atom. The first kappa shape index (κ1) is 12.4. The third-order valence-corrected chi connectivity index (χ3v) is 3.00. The Morgan fingerprint density at radius 2 is 2.39 bits per heavy atom. The number of hydrogen-bond donors (Lipinski definition) is 2. The van der Waals surface area contributed by atoms with Crippen LogP contribution in [-0.2, 0) is 6.54 Å². The Bertz CT molecular complexity index is 540. The number of nitrogen functional groups attached to an aromatic ring is 1. The van der Waals surface area contributed by atoms with Gasteiger partial charge in [0.2, 0.25) is 0 Å². The number of nitrogens with one attached hydrogen (secondary N) is 1. The first-order valence-corrected chi connectivity index (χ1v) is 6.24. The normalized spacial score (nSPS) is 10.1. The number of thiazole rings is 1. The van der Waals surface area contributed by atoms with Crippen molar-refractivity contribution < 1.29 is 9.53 Å². The number of hydrogen-bond acceptors (Lipinski definition) is 5. The molecular weight excluding hydrogens is 250 g/mol. The number of ether oxygens (including phenoxy) is 1. The van der Waals surface area contributed by atoms with Gasteiger partial charge in [-0.15, -0.1) is 11.3 Å². The minimum atomic E-state index is -0.208. The van der Waals surface area contributed by atoms with E-state index in [-0.39, 0.29) is 5.91 Å². The Morgan fingerprint density at radius 3 is 3.06 bits per heavy atom. The van der Waals surface area contributed by atoms with Gasteiger partial charge < -0.3 is 15.8 Å². The van der Waals surface area contributed by atoms with Crippen molar-refractivity contribution in [1.82, 2.24) is 10.3 Å². The summed E-state index contributed by atoms with van der Waals surface area (Å²) < 4.78 is 5.20. The van der Waals surface area contributed by atoms with Crippen LogP contribution >= 0.6 is 11.3 Å². The highest BCUT2D eigenvalue weighted by Crippen LogP contribution is 2.20. The summed E-state index contributed by atoms with van der Waals surface area (Å²) in [7, 11) is 1.58. The molecule has 0 radical (unpaired) electrons. The van der Waals surface area contributed by atoms with Crippen LogP contribution in [0, 0.1) is 0 Å². The number of carbonyl (C=O) groups is 1. The van der Waals surface area contributed by atoms with Crippen molar-refractivity contribution in [2.75, 3.05) is 12.8 Å². The highest BCUT2D eigenvalue weighted by molar-refractivity contribution is 7.07. The zero-order valence-corrected chi connectivity index (χ0v) is 10.7. The number of anilines is 1. The first-order chi connectivity index (χ1) is 8.70. The van der Waals surface area contributed by atoms with Gasteiger partial charge in [-0.25, -0.2) is 4.98 Å². The Hall–Kier alpha value is -2.08. The molecule has 0 aliphatic heterocycles. The molecular formula is C12H13N3O2S. The topological polar surface area (TPSA) is 77.2 Å². The second kappa shape index (κ2) is 5.50. The smallest absolute Gasteiger partial charge is 0.271 e. The third kappa shape index (κ3) is 2.78. The summed E-state index contributed by atoms with van der Waals surface area (Å²) in [5, 5.41) is 4.47. The Kier molecular flexibility index (Phi) is 3.78. The molecule has 6 heteroatoms. The molecule has 0 aliphatic carbocycles. The van der Waals surface area contributed by atoms with E-state index in [0.29, 0.717) is 23.7 Å². The fourth-order valence-electron chi connectivity index (χ4n) is 1.53. The molecule has 0 unspecified atom stereocenters. The quantitative estimate of drug-likeness (QED) is 0.822. The van der Waals surface area contributed by atoms with Crippen molar-refractivity contribution in [1.29, 1.82) is 0 Å². The maximum Gasteiger partial charge on any atom is 0.271 e. The van der Waals surface area contributed by atoms with Gasteiger partial charge in [0, 0.05) is 23.2 Å². The molecule has 1 heterocycles. The average Bonchev–Trinajstić information content (AvgIpc) is 2.90. The van der Waals surface area contributed by atoms with Gasteiger partial charge in [-0.3, -0.25) is 4.79 Å². The number of methoxy groups -OCH3 is 1. The summed E-state index contributed by atoms with van der Waals surface area (Å²) >= 11 is 1.38. The van der Waals surface area contributed by atoms with E-state index in [4.69, 9.17) is 10.5 Å². The standard InChI is InChI=1S/C12H13N3O2S/c1-17-11-3-2-9(13)4-8(11)5-14-12(16)10-6-18-7-15-10/h2-4,6-7H,5,13H2,1H3,(H,14,16). The molecule has 5 nitrogen and oxygen atoms in total. The molecule has 0 bridgehead atoms. The SMILES string of the molecule is COc1ccc(N)cc1CNC(=O)c1cscn1. The van der Waals surface area contributed by atoms with Crippen LogP contribution in [-0.4, -0.2) is 18.0 Å². The molecule has 1 aromatic heterocycles. The van der Waals surface area contributed by atoms with Crippen LogP contribution < -0.4 is 15.8 Å². The van der Waals surface area contributed by atoms with E-state index in [1.54, 1.807) is 36.2 Å². The van der Waals surface area contributed by atoms with Crippen molar-refractivity contribution in [3.8, 4) is 5.75 Å². The predicted molar refractivity (Wildman–Crippen MR) is 70.7 cm³/mol. The van der Waals surface area contributed by atoms with Gasteiger partial charge in [-0.1, -0.05) is 0 Å². The minimum absolute atomic E-state index is 0.208. The lowest BCUT2D eigenvalue weighted by atomic mass is 10.1. The van der Waals surface area contributed by atoms with Gasteiger partial charge >= 0.3 is 0 Å². The summed E-state index contributed by atoms with van der Waals surface area (Å²) in [5.74, 6) is 0.489. The minimum Gasteiger partial charge on any atom is -0.496 e. The van der Waals surface area contributed by atoms with Gasteiger partial charge in [-0.2, -0.15) is 0 Å². The molecule has 94 valence electrons. The van der Waals surface area contributed by atoms with Crippen LogP contribution in [0.1, 0.15) is 16.1 Å². The number of rotatable bonds is 4. The van der Waals surface area contributed by atoms with Crippen molar-refractivity contribution in [3.63, 3.8) is 0 Å². The van der Waals surface area contributed by atoms with Crippen molar-refractivity contribution in [2.45, 2.75) is 6.54 Å². The predicted octanol–water partition coefficient (Wildman–Crippen LogP) is 1.66. The Labute approximate surface area is 109 Å². The molecule has 0 spiro atoms. The first-order valence-electron chi connectivity index (χ1n) is 5.29. The van der Waals surface area contributed by atoms with Gasteiger partial charge in [0.05, 0.1) is 12.6 Å². The van der Waals surface area contributed by atoms with Gasteiger partial charge in [0.25, 0.3) is 5.91 Å². The van der Waals surface area contributed by atoms with Crippen LogP contribution in [0.4, 0.5) is 5.69 Å². The molecule has 0 saturated heterocycles. The van der Waals surface area contributed by atoms with E-state index in [1.807, 2.05) is 0 Å². The molecule has 0 aliphatic rings. The average molecular weight is 263 g/mol. The van der Waals surface area contributed by atoms with Crippen LogP contribution in [0.2, 0.25) is 0 Å². The molecule has 1 aromatic carbocycles. The largest absolute Gasteiger partial charge is 0.496 e. The molecule has 1 amide bonds. The van der Waals surface area contributed by atoms with E-state index >= 15 is 0 Å². The fraction of sp³-hybridized carbons (Fsp3) is 0.167. The van der Waals surface area contributed by atoms with Crippen LogP contribution in [0.3, 0.4) is 0 Å². The third-order valence-electron chi connectivity index (χ3n) is 2.41.